The first-order valence-electron chi connectivity index (χ1n) is 5.72. The highest BCUT2D eigenvalue weighted by molar-refractivity contribution is 9.10. The second-order valence-corrected chi connectivity index (χ2v) is 5.20. The van der Waals surface area contributed by atoms with Crippen LogP contribution in [0.4, 0.5) is 4.39 Å². The summed E-state index contributed by atoms with van der Waals surface area (Å²) in [6, 6.07) is 3.08. The predicted molar refractivity (Wildman–Crippen MR) is 68.6 cm³/mol. The van der Waals surface area contributed by atoms with Crippen molar-refractivity contribution in [3.63, 3.8) is 0 Å². The van der Waals surface area contributed by atoms with Gasteiger partial charge in [0.15, 0.2) is 11.6 Å². The monoisotopic (exact) mass is 302 g/mol. The Bertz CT molecular complexity index is 408. The molecular formula is C12H16BrFN2O. The van der Waals surface area contributed by atoms with Crippen LogP contribution < -0.4 is 5.32 Å². The summed E-state index contributed by atoms with van der Waals surface area (Å²) in [6.45, 7) is 5.68. The molecule has 0 amide bonds. The molecule has 94 valence electrons. The van der Waals surface area contributed by atoms with Gasteiger partial charge in [0.1, 0.15) is 0 Å². The number of phenols is 1. The fraction of sp³-hybridized carbons (Fsp3) is 0.500. The standard InChI is InChI=1S/C12H16BrFN2O/c1-8(16-4-2-15-3-5-16)10-6-9(13)7-11(14)12(10)17/h6-8,15,17H,2-5H2,1H3/t8-/m0/s1. The molecule has 17 heavy (non-hydrogen) atoms. The Kier molecular flexibility index (Phi) is 4.01. The van der Waals surface area contributed by atoms with Gasteiger partial charge in [-0.1, -0.05) is 15.9 Å². The maximum absolute atomic E-state index is 13.5. The second-order valence-electron chi connectivity index (χ2n) is 4.29. The fourth-order valence-electron chi connectivity index (χ4n) is 2.17. The van der Waals surface area contributed by atoms with Gasteiger partial charge in [0.05, 0.1) is 0 Å². The Labute approximate surface area is 109 Å². The molecule has 1 saturated heterocycles. The van der Waals surface area contributed by atoms with Crippen molar-refractivity contribution >= 4 is 15.9 Å². The van der Waals surface area contributed by atoms with E-state index in [9.17, 15) is 9.50 Å². The SMILES string of the molecule is C[C@@H](c1cc(Br)cc(F)c1O)N1CCNCC1. The lowest BCUT2D eigenvalue weighted by Crippen LogP contribution is -2.44. The first-order chi connectivity index (χ1) is 8.09. The van der Waals surface area contributed by atoms with E-state index >= 15 is 0 Å². The Hall–Kier alpha value is -0.650. The first kappa shape index (κ1) is 12.8. The lowest BCUT2D eigenvalue weighted by molar-refractivity contribution is 0.182. The number of rotatable bonds is 2. The van der Waals surface area contributed by atoms with Crippen molar-refractivity contribution in [3.05, 3.63) is 28.0 Å². The minimum atomic E-state index is -0.573. The largest absolute Gasteiger partial charge is 0.505 e. The molecule has 1 aliphatic rings. The molecule has 3 nitrogen and oxygen atoms in total. The van der Waals surface area contributed by atoms with E-state index in [-0.39, 0.29) is 11.8 Å². The molecule has 5 heteroatoms. The molecule has 0 aliphatic carbocycles. The number of nitrogens with one attached hydrogen (secondary N) is 1. The molecule has 1 heterocycles. The number of halogens is 2. The van der Waals surface area contributed by atoms with Crippen LogP contribution in [-0.4, -0.2) is 36.2 Å². The van der Waals surface area contributed by atoms with Crippen molar-refractivity contribution in [2.24, 2.45) is 0 Å². The summed E-state index contributed by atoms with van der Waals surface area (Å²) >= 11 is 3.26. The fourth-order valence-corrected chi connectivity index (χ4v) is 2.62. The zero-order valence-corrected chi connectivity index (χ0v) is 11.3. The Morgan fingerprint density at radius 2 is 2.06 bits per heavy atom. The van der Waals surface area contributed by atoms with Crippen LogP contribution in [0.15, 0.2) is 16.6 Å². The lowest BCUT2D eigenvalue weighted by atomic mass is 10.0. The molecule has 2 N–H and O–H groups in total. The molecule has 1 aromatic rings. The highest BCUT2D eigenvalue weighted by atomic mass is 79.9. The van der Waals surface area contributed by atoms with Crippen molar-refractivity contribution in [2.45, 2.75) is 13.0 Å². The molecule has 1 aromatic carbocycles. The van der Waals surface area contributed by atoms with Gasteiger partial charge < -0.3 is 10.4 Å². The second kappa shape index (κ2) is 5.33. The van der Waals surface area contributed by atoms with E-state index in [1.165, 1.54) is 6.07 Å². The van der Waals surface area contributed by atoms with Crippen LogP contribution in [0, 0.1) is 5.82 Å². The minimum Gasteiger partial charge on any atom is -0.505 e. The molecule has 0 radical (unpaired) electrons. The number of benzene rings is 1. The maximum Gasteiger partial charge on any atom is 0.166 e. The summed E-state index contributed by atoms with van der Waals surface area (Å²) in [5.41, 5.74) is 0.638. The maximum atomic E-state index is 13.5. The van der Waals surface area contributed by atoms with Crippen molar-refractivity contribution in [3.8, 4) is 5.75 Å². The number of piperazine rings is 1. The summed E-state index contributed by atoms with van der Waals surface area (Å²) in [7, 11) is 0. The van der Waals surface area contributed by atoms with Gasteiger partial charge in [-0.25, -0.2) is 4.39 Å². The normalized spacial score (nSPS) is 19.2. The van der Waals surface area contributed by atoms with Gasteiger partial charge in [0.25, 0.3) is 0 Å². The van der Waals surface area contributed by atoms with Crippen LogP contribution >= 0.6 is 15.9 Å². The van der Waals surface area contributed by atoms with E-state index in [2.05, 4.69) is 26.1 Å². The number of aromatic hydroxyl groups is 1. The molecule has 1 atom stereocenters. The number of phenolic OH excluding ortho intramolecular Hbond substituents is 1. The van der Waals surface area contributed by atoms with Crippen molar-refractivity contribution in [2.75, 3.05) is 26.2 Å². The van der Waals surface area contributed by atoms with Gasteiger partial charge in [-0.3, -0.25) is 4.90 Å². The molecule has 0 saturated carbocycles. The molecule has 1 aliphatic heterocycles. The van der Waals surface area contributed by atoms with Gasteiger partial charge in [-0.05, 0) is 19.1 Å². The molecule has 0 bridgehead atoms. The van der Waals surface area contributed by atoms with Crippen molar-refractivity contribution in [1.29, 1.82) is 0 Å². The van der Waals surface area contributed by atoms with Crippen LogP contribution in [-0.2, 0) is 0 Å². The van der Waals surface area contributed by atoms with Crippen molar-refractivity contribution in [1.82, 2.24) is 10.2 Å². The van der Waals surface area contributed by atoms with Gasteiger partial charge >= 0.3 is 0 Å². The van der Waals surface area contributed by atoms with Crippen LogP contribution in [0.25, 0.3) is 0 Å². The van der Waals surface area contributed by atoms with Gasteiger partial charge in [0, 0.05) is 42.3 Å². The third kappa shape index (κ3) is 2.78. The Balaban J connectivity index is 2.26. The Morgan fingerprint density at radius 3 is 2.71 bits per heavy atom. The minimum absolute atomic E-state index is 0.0177. The number of hydrogen-bond acceptors (Lipinski definition) is 3. The average Bonchev–Trinajstić information content (AvgIpc) is 2.34. The third-order valence-corrected chi connectivity index (χ3v) is 3.66. The van der Waals surface area contributed by atoms with Gasteiger partial charge in [-0.15, -0.1) is 0 Å². The summed E-state index contributed by atoms with van der Waals surface area (Å²) in [4.78, 5) is 2.23. The van der Waals surface area contributed by atoms with E-state index in [0.717, 1.165) is 26.2 Å². The molecule has 2 rings (SSSR count). The topological polar surface area (TPSA) is 35.5 Å². The highest BCUT2D eigenvalue weighted by Gasteiger charge is 2.22. The molecule has 0 spiro atoms. The van der Waals surface area contributed by atoms with Crippen LogP contribution in [0.1, 0.15) is 18.5 Å². The quantitative estimate of drug-likeness (QED) is 0.880. The Morgan fingerprint density at radius 1 is 1.41 bits per heavy atom. The third-order valence-electron chi connectivity index (χ3n) is 3.21. The lowest BCUT2D eigenvalue weighted by Gasteiger charge is -2.33. The average molecular weight is 303 g/mol. The summed E-state index contributed by atoms with van der Waals surface area (Å²) in [5.74, 6) is -0.810. The molecule has 0 aromatic heterocycles. The predicted octanol–water partition coefficient (Wildman–Crippen LogP) is 2.26. The van der Waals surface area contributed by atoms with Crippen LogP contribution in [0.5, 0.6) is 5.75 Å². The smallest absolute Gasteiger partial charge is 0.166 e. The van der Waals surface area contributed by atoms with E-state index in [1.54, 1.807) is 6.07 Å². The van der Waals surface area contributed by atoms with Crippen LogP contribution in [0.2, 0.25) is 0 Å². The first-order valence-corrected chi connectivity index (χ1v) is 6.51. The van der Waals surface area contributed by atoms with Gasteiger partial charge in [-0.2, -0.15) is 0 Å². The summed E-state index contributed by atoms with van der Waals surface area (Å²) < 4.78 is 14.1. The highest BCUT2D eigenvalue weighted by Crippen LogP contribution is 2.33. The number of hydrogen-bond donors (Lipinski definition) is 2. The summed E-state index contributed by atoms with van der Waals surface area (Å²) in [5, 5.41) is 13.1. The van der Waals surface area contributed by atoms with E-state index in [0.29, 0.717) is 10.0 Å². The van der Waals surface area contributed by atoms with E-state index in [4.69, 9.17) is 0 Å². The molecular weight excluding hydrogens is 287 g/mol. The van der Waals surface area contributed by atoms with Crippen LogP contribution in [0.3, 0.4) is 0 Å². The van der Waals surface area contributed by atoms with Gasteiger partial charge in [0.2, 0.25) is 0 Å². The summed E-state index contributed by atoms with van der Waals surface area (Å²) in [6.07, 6.45) is 0. The number of nitrogens with zero attached hydrogens (tertiary/aromatic N) is 1. The van der Waals surface area contributed by atoms with E-state index in [1.807, 2.05) is 6.92 Å². The van der Waals surface area contributed by atoms with Crippen molar-refractivity contribution < 1.29 is 9.50 Å². The zero-order valence-electron chi connectivity index (χ0n) is 9.71. The molecule has 1 fully saturated rings. The molecule has 0 unspecified atom stereocenters. The van der Waals surface area contributed by atoms with E-state index < -0.39 is 5.82 Å². The zero-order chi connectivity index (χ0) is 12.4.